The molecule has 0 bridgehead atoms. The SMILES string of the molecule is COCC(=O)N=S1(=O)CCCNCC1. The quantitative estimate of drug-likeness (QED) is 0.689. The Morgan fingerprint density at radius 1 is 1.50 bits per heavy atom. The van der Waals surface area contributed by atoms with Crippen molar-refractivity contribution in [1.82, 2.24) is 5.32 Å². The lowest BCUT2D eigenvalue weighted by Crippen LogP contribution is -2.19. The van der Waals surface area contributed by atoms with Crippen molar-refractivity contribution in [3.05, 3.63) is 0 Å². The molecule has 1 rings (SSSR count). The molecule has 1 saturated heterocycles. The highest BCUT2D eigenvalue weighted by molar-refractivity contribution is 7.93. The second kappa shape index (κ2) is 5.43. The van der Waals surface area contributed by atoms with Gasteiger partial charge in [0.2, 0.25) is 0 Å². The van der Waals surface area contributed by atoms with Gasteiger partial charge in [-0.2, -0.15) is 4.36 Å². The summed E-state index contributed by atoms with van der Waals surface area (Å²) >= 11 is 0. The van der Waals surface area contributed by atoms with E-state index in [0.29, 0.717) is 18.1 Å². The Morgan fingerprint density at radius 2 is 2.29 bits per heavy atom. The van der Waals surface area contributed by atoms with Crippen LogP contribution >= 0.6 is 0 Å². The number of hydrogen-bond donors (Lipinski definition) is 1. The van der Waals surface area contributed by atoms with Gasteiger partial charge in [-0.05, 0) is 13.0 Å². The molecular formula is C8H16N2O3S. The highest BCUT2D eigenvalue weighted by atomic mass is 32.2. The van der Waals surface area contributed by atoms with Gasteiger partial charge in [-0.3, -0.25) is 4.79 Å². The van der Waals surface area contributed by atoms with E-state index in [1.807, 2.05) is 0 Å². The monoisotopic (exact) mass is 220 g/mol. The van der Waals surface area contributed by atoms with E-state index >= 15 is 0 Å². The van der Waals surface area contributed by atoms with E-state index in [4.69, 9.17) is 0 Å². The lowest BCUT2D eigenvalue weighted by atomic mass is 10.5. The molecule has 0 aromatic rings. The van der Waals surface area contributed by atoms with Gasteiger partial charge in [-0.15, -0.1) is 0 Å². The van der Waals surface area contributed by atoms with E-state index < -0.39 is 15.6 Å². The van der Waals surface area contributed by atoms with Gasteiger partial charge in [0.15, 0.2) is 0 Å². The van der Waals surface area contributed by atoms with Gasteiger partial charge in [0.25, 0.3) is 5.91 Å². The van der Waals surface area contributed by atoms with Crippen LogP contribution in [0.25, 0.3) is 0 Å². The fourth-order valence-electron chi connectivity index (χ4n) is 1.31. The number of rotatable bonds is 2. The molecule has 0 aliphatic carbocycles. The lowest BCUT2D eigenvalue weighted by Gasteiger charge is -2.03. The van der Waals surface area contributed by atoms with Crippen molar-refractivity contribution in [2.75, 3.05) is 38.3 Å². The highest BCUT2D eigenvalue weighted by Crippen LogP contribution is 2.02. The third-order valence-corrected chi connectivity index (χ3v) is 4.26. The van der Waals surface area contributed by atoms with Gasteiger partial charge in [0.05, 0.1) is 9.73 Å². The summed E-state index contributed by atoms with van der Waals surface area (Å²) in [6, 6.07) is 0. The zero-order chi connectivity index (χ0) is 10.4. The first kappa shape index (κ1) is 11.6. The maximum absolute atomic E-state index is 12.0. The van der Waals surface area contributed by atoms with Gasteiger partial charge in [0, 0.05) is 25.2 Å². The van der Waals surface area contributed by atoms with Crippen molar-refractivity contribution in [1.29, 1.82) is 0 Å². The predicted molar refractivity (Wildman–Crippen MR) is 54.7 cm³/mol. The molecule has 6 heteroatoms. The summed E-state index contributed by atoms with van der Waals surface area (Å²) in [5, 5.41) is 3.13. The fraction of sp³-hybridized carbons (Fsp3) is 0.875. The minimum absolute atomic E-state index is 0.0789. The van der Waals surface area contributed by atoms with Gasteiger partial charge < -0.3 is 10.1 Å². The van der Waals surface area contributed by atoms with Crippen LogP contribution in [0.2, 0.25) is 0 Å². The number of nitrogens with zero attached hydrogens (tertiary/aromatic N) is 1. The Bertz CT molecular complexity index is 294. The van der Waals surface area contributed by atoms with Crippen molar-refractivity contribution in [3.8, 4) is 0 Å². The van der Waals surface area contributed by atoms with Crippen molar-refractivity contribution < 1.29 is 13.7 Å². The zero-order valence-corrected chi connectivity index (χ0v) is 9.14. The second-order valence-electron chi connectivity index (χ2n) is 3.20. The summed E-state index contributed by atoms with van der Waals surface area (Å²) in [5.41, 5.74) is 0. The van der Waals surface area contributed by atoms with E-state index in [0.717, 1.165) is 13.0 Å². The van der Waals surface area contributed by atoms with E-state index in [9.17, 15) is 9.00 Å². The average Bonchev–Trinajstić information content (AvgIpc) is 2.30. The number of amides is 1. The van der Waals surface area contributed by atoms with Crippen LogP contribution in [-0.2, 0) is 19.3 Å². The summed E-state index contributed by atoms with van der Waals surface area (Å²) < 4.78 is 20.4. The van der Waals surface area contributed by atoms with Crippen LogP contribution in [0.5, 0.6) is 0 Å². The first-order valence-electron chi connectivity index (χ1n) is 4.61. The Hall–Kier alpha value is -0.460. The molecule has 1 fully saturated rings. The first-order valence-corrected chi connectivity index (χ1v) is 6.47. The maximum Gasteiger partial charge on any atom is 0.279 e. The predicted octanol–water partition coefficient (Wildman–Crippen LogP) is -0.379. The smallest absolute Gasteiger partial charge is 0.279 e. The van der Waals surface area contributed by atoms with Crippen molar-refractivity contribution in [2.45, 2.75) is 6.42 Å². The Kier molecular flexibility index (Phi) is 4.50. The van der Waals surface area contributed by atoms with Gasteiger partial charge in [-0.1, -0.05) is 0 Å². The van der Waals surface area contributed by atoms with Crippen molar-refractivity contribution in [3.63, 3.8) is 0 Å². The number of methoxy groups -OCH3 is 1. The molecule has 14 heavy (non-hydrogen) atoms. The molecule has 0 aromatic heterocycles. The standard InChI is InChI=1S/C8H16N2O3S/c1-13-7-8(11)10-14(12)5-2-3-9-4-6-14/h9H,2-7H2,1H3. The van der Waals surface area contributed by atoms with Gasteiger partial charge >= 0.3 is 0 Å². The molecule has 1 heterocycles. The molecule has 1 N–H and O–H groups in total. The average molecular weight is 220 g/mol. The van der Waals surface area contributed by atoms with Crippen LogP contribution in [0.15, 0.2) is 4.36 Å². The second-order valence-corrected chi connectivity index (χ2v) is 5.75. The molecule has 1 atom stereocenters. The van der Waals surface area contributed by atoms with Crippen LogP contribution < -0.4 is 5.32 Å². The largest absolute Gasteiger partial charge is 0.375 e. The number of hydrogen-bond acceptors (Lipinski definition) is 4. The third-order valence-electron chi connectivity index (χ3n) is 1.95. The van der Waals surface area contributed by atoms with E-state index in [2.05, 4.69) is 14.4 Å². The molecule has 1 unspecified atom stereocenters. The van der Waals surface area contributed by atoms with E-state index in [-0.39, 0.29) is 6.61 Å². The molecule has 1 aliphatic rings. The molecule has 0 spiro atoms. The number of carbonyl (C=O) groups excluding carboxylic acids is 1. The Labute approximate surface area is 84.4 Å². The number of carbonyl (C=O) groups is 1. The molecule has 1 aliphatic heterocycles. The Morgan fingerprint density at radius 3 is 3.00 bits per heavy atom. The lowest BCUT2D eigenvalue weighted by molar-refractivity contribution is -0.121. The van der Waals surface area contributed by atoms with Gasteiger partial charge in [0.1, 0.15) is 6.61 Å². The molecule has 0 saturated carbocycles. The highest BCUT2D eigenvalue weighted by Gasteiger charge is 2.14. The van der Waals surface area contributed by atoms with Crippen LogP contribution in [0.4, 0.5) is 0 Å². The van der Waals surface area contributed by atoms with Crippen molar-refractivity contribution in [2.24, 2.45) is 4.36 Å². The fourth-order valence-corrected chi connectivity index (χ4v) is 3.18. The number of nitrogens with one attached hydrogen (secondary N) is 1. The van der Waals surface area contributed by atoms with Crippen LogP contribution in [0.1, 0.15) is 6.42 Å². The zero-order valence-electron chi connectivity index (χ0n) is 8.32. The molecule has 1 amide bonds. The molecule has 0 aromatic carbocycles. The third kappa shape index (κ3) is 3.73. The van der Waals surface area contributed by atoms with Gasteiger partial charge in [-0.25, -0.2) is 4.21 Å². The number of ether oxygens (including phenoxy) is 1. The summed E-state index contributed by atoms with van der Waals surface area (Å²) in [4.78, 5) is 11.1. The van der Waals surface area contributed by atoms with E-state index in [1.54, 1.807) is 0 Å². The normalized spacial score (nSPS) is 28.1. The topological polar surface area (TPSA) is 67.8 Å². The Balaban J connectivity index is 2.70. The molecule has 0 radical (unpaired) electrons. The van der Waals surface area contributed by atoms with Crippen LogP contribution in [-0.4, -0.2) is 48.4 Å². The maximum atomic E-state index is 12.0. The summed E-state index contributed by atoms with van der Waals surface area (Å²) in [7, 11) is -0.890. The summed E-state index contributed by atoms with van der Waals surface area (Å²) in [6.07, 6.45) is 0.808. The molecular weight excluding hydrogens is 204 g/mol. The molecule has 82 valence electrons. The minimum atomic E-state index is -2.32. The van der Waals surface area contributed by atoms with Crippen LogP contribution in [0.3, 0.4) is 0 Å². The van der Waals surface area contributed by atoms with Crippen molar-refractivity contribution >= 4 is 15.6 Å². The summed E-state index contributed by atoms with van der Waals surface area (Å²) in [5.74, 6) is 0.553. The first-order chi connectivity index (χ1) is 6.66. The molecule has 5 nitrogen and oxygen atoms in total. The van der Waals surface area contributed by atoms with E-state index in [1.165, 1.54) is 7.11 Å². The minimum Gasteiger partial charge on any atom is -0.375 e. The van der Waals surface area contributed by atoms with Crippen LogP contribution in [0, 0.1) is 0 Å². The summed E-state index contributed by atoms with van der Waals surface area (Å²) in [6.45, 7) is 1.44.